The van der Waals surface area contributed by atoms with Crippen LogP contribution >= 0.6 is 0 Å². The Bertz CT molecular complexity index is 390. The normalized spacial score (nSPS) is 21.3. The van der Waals surface area contributed by atoms with E-state index in [1.807, 2.05) is 12.4 Å². The fraction of sp³-hybridized carbons (Fsp3) is 0.800. The molecule has 1 aromatic rings. The molecule has 0 amide bonds. The number of nitrogens with zero attached hydrogens (tertiary/aromatic N) is 2. The maximum absolute atomic E-state index is 5.22. The van der Waals surface area contributed by atoms with E-state index >= 15 is 0 Å². The van der Waals surface area contributed by atoms with Crippen LogP contribution in [0.25, 0.3) is 0 Å². The summed E-state index contributed by atoms with van der Waals surface area (Å²) in [6.07, 6.45) is 8.94. The minimum atomic E-state index is 0.315. The van der Waals surface area contributed by atoms with Crippen molar-refractivity contribution < 1.29 is 4.74 Å². The monoisotopic (exact) mass is 265 g/mol. The van der Waals surface area contributed by atoms with E-state index in [1.54, 1.807) is 7.11 Å². The molecule has 1 N–H and O–H groups in total. The van der Waals surface area contributed by atoms with Crippen molar-refractivity contribution in [3.05, 3.63) is 12.4 Å². The predicted molar refractivity (Wildman–Crippen MR) is 78.5 cm³/mol. The van der Waals surface area contributed by atoms with E-state index < -0.39 is 0 Å². The van der Waals surface area contributed by atoms with Crippen molar-refractivity contribution in [1.29, 1.82) is 0 Å². The lowest BCUT2D eigenvalue weighted by molar-refractivity contribution is 0.162. The molecule has 0 bridgehead atoms. The molecule has 108 valence electrons. The summed E-state index contributed by atoms with van der Waals surface area (Å²) in [7, 11) is 1.74. The van der Waals surface area contributed by atoms with Crippen LogP contribution in [0.5, 0.6) is 0 Å². The zero-order valence-corrected chi connectivity index (χ0v) is 12.6. The molecule has 1 aliphatic rings. The zero-order valence-electron chi connectivity index (χ0n) is 12.6. The van der Waals surface area contributed by atoms with Crippen LogP contribution in [0.15, 0.2) is 12.4 Å². The summed E-state index contributed by atoms with van der Waals surface area (Å²) in [5.41, 5.74) is 0.511. The number of methoxy groups -OCH3 is 1. The highest BCUT2D eigenvalue weighted by Crippen LogP contribution is 2.36. The van der Waals surface area contributed by atoms with Gasteiger partial charge in [0.2, 0.25) is 5.95 Å². The van der Waals surface area contributed by atoms with Crippen LogP contribution in [-0.2, 0) is 4.74 Å². The van der Waals surface area contributed by atoms with Gasteiger partial charge in [-0.2, -0.15) is 0 Å². The molecule has 1 fully saturated rings. The van der Waals surface area contributed by atoms with Crippen LogP contribution in [0.1, 0.15) is 52.5 Å². The number of nitrogens with one attached hydrogen (secondary N) is 1. The van der Waals surface area contributed by atoms with Gasteiger partial charge in [-0.15, -0.1) is 0 Å². The predicted octanol–water partition coefficient (Wildman–Crippen LogP) is 3.47. The van der Waals surface area contributed by atoms with Gasteiger partial charge < -0.3 is 14.6 Å². The van der Waals surface area contributed by atoms with Gasteiger partial charge in [0.05, 0.1) is 12.6 Å². The first kappa shape index (κ1) is 14.4. The Kier molecular flexibility index (Phi) is 4.50. The lowest BCUT2D eigenvalue weighted by Crippen LogP contribution is -2.31. The van der Waals surface area contributed by atoms with E-state index in [-0.39, 0.29) is 0 Å². The minimum absolute atomic E-state index is 0.315. The molecular weight excluding hydrogens is 238 g/mol. The molecule has 1 atom stereocenters. The Morgan fingerprint density at radius 3 is 2.79 bits per heavy atom. The highest BCUT2D eigenvalue weighted by molar-refractivity contribution is 5.28. The van der Waals surface area contributed by atoms with Crippen LogP contribution in [0.4, 0.5) is 5.95 Å². The lowest BCUT2D eigenvalue weighted by atomic mass is 9.76. The number of aromatic nitrogens is 2. The molecule has 0 aromatic carbocycles. The van der Waals surface area contributed by atoms with Crippen molar-refractivity contribution in [2.24, 2.45) is 5.41 Å². The van der Waals surface area contributed by atoms with Crippen molar-refractivity contribution in [1.82, 2.24) is 9.55 Å². The van der Waals surface area contributed by atoms with Crippen LogP contribution in [0.2, 0.25) is 0 Å². The molecule has 1 saturated carbocycles. The number of ether oxygens (including phenoxy) is 1. The standard InChI is InChI=1S/C15H27N3O/c1-12(11-19-4)18-10-9-16-14(18)17-13-5-7-15(2,3)8-6-13/h9-10,12-13H,5-8,11H2,1-4H3,(H,16,17). The Morgan fingerprint density at radius 2 is 2.16 bits per heavy atom. The molecule has 1 aliphatic carbocycles. The summed E-state index contributed by atoms with van der Waals surface area (Å²) in [6.45, 7) is 7.60. The smallest absolute Gasteiger partial charge is 0.203 e. The second-order valence-electron chi connectivity index (χ2n) is 6.55. The summed E-state index contributed by atoms with van der Waals surface area (Å²) in [6, 6.07) is 0.874. The number of hydrogen-bond donors (Lipinski definition) is 1. The molecular formula is C15H27N3O. The molecule has 1 heterocycles. The molecule has 1 unspecified atom stereocenters. The van der Waals surface area contributed by atoms with Crippen molar-refractivity contribution >= 4 is 5.95 Å². The molecule has 0 aliphatic heterocycles. The van der Waals surface area contributed by atoms with Gasteiger partial charge in [0.25, 0.3) is 0 Å². The van der Waals surface area contributed by atoms with Gasteiger partial charge in [0, 0.05) is 25.5 Å². The summed E-state index contributed by atoms with van der Waals surface area (Å²) in [4.78, 5) is 4.45. The fourth-order valence-corrected chi connectivity index (χ4v) is 2.83. The Balaban J connectivity index is 1.95. The first-order valence-corrected chi connectivity index (χ1v) is 7.30. The van der Waals surface area contributed by atoms with E-state index in [0.29, 0.717) is 24.1 Å². The van der Waals surface area contributed by atoms with E-state index in [1.165, 1.54) is 25.7 Å². The highest BCUT2D eigenvalue weighted by Gasteiger charge is 2.27. The Labute approximate surface area is 116 Å². The van der Waals surface area contributed by atoms with E-state index in [4.69, 9.17) is 4.74 Å². The van der Waals surface area contributed by atoms with Gasteiger partial charge in [-0.1, -0.05) is 13.8 Å². The quantitative estimate of drug-likeness (QED) is 0.886. The average molecular weight is 265 g/mol. The summed E-state index contributed by atoms with van der Waals surface area (Å²) in [5.74, 6) is 0.981. The van der Waals surface area contributed by atoms with E-state index in [9.17, 15) is 0 Å². The first-order valence-electron chi connectivity index (χ1n) is 7.30. The highest BCUT2D eigenvalue weighted by atomic mass is 16.5. The zero-order chi connectivity index (χ0) is 13.9. The van der Waals surface area contributed by atoms with Crippen molar-refractivity contribution in [3.63, 3.8) is 0 Å². The number of hydrogen-bond acceptors (Lipinski definition) is 3. The Hall–Kier alpha value is -1.03. The summed E-state index contributed by atoms with van der Waals surface area (Å²) < 4.78 is 7.39. The first-order chi connectivity index (χ1) is 9.02. The van der Waals surface area contributed by atoms with Gasteiger partial charge >= 0.3 is 0 Å². The molecule has 1 aromatic heterocycles. The molecule has 2 rings (SSSR count). The molecule has 4 heteroatoms. The van der Waals surface area contributed by atoms with Crippen LogP contribution in [0, 0.1) is 5.41 Å². The third-order valence-corrected chi connectivity index (χ3v) is 4.22. The van der Waals surface area contributed by atoms with Crippen molar-refractivity contribution in [3.8, 4) is 0 Å². The topological polar surface area (TPSA) is 39.1 Å². The second-order valence-corrected chi connectivity index (χ2v) is 6.55. The number of anilines is 1. The third kappa shape index (κ3) is 3.72. The molecule has 4 nitrogen and oxygen atoms in total. The van der Waals surface area contributed by atoms with Crippen molar-refractivity contribution in [2.45, 2.75) is 58.5 Å². The maximum atomic E-state index is 5.22. The van der Waals surface area contributed by atoms with Gasteiger partial charge in [0.1, 0.15) is 0 Å². The second kappa shape index (κ2) is 5.95. The molecule has 0 saturated heterocycles. The fourth-order valence-electron chi connectivity index (χ4n) is 2.83. The summed E-state index contributed by atoms with van der Waals surface area (Å²) in [5, 5.41) is 3.60. The molecule has 19 heavy (non-hydrogen) atoms. The van der Waals surface area contributed by atoms with Crippen molar-refractivity contribution in [2.75, 3.05) is 19.0 Å². The number of rotatable bonds is 5. The van der Waals surface area contributed by atoms with Gasteiger partial charge in [-0.05, 0) is 38.0 Å². The lowest BCUT2D eigenvalue weighted by Gasteiger charge is -2.35. The minimum Gasteiger partial charge on any atom is -0.383 e. The van der Waals surface area contributed by atoms with Gasteiger partial charge in [0.15, 0.2) is 0 Å². The Morgan fingerprint density at radius 1 is 1.47 bits per heavy atom. The average Bonchev–Trinajstić information content (AvgIpc) is 2.80. The van der Waals surface area contributed by atoms with Crippen LogP contribution in [-0.4, -0.2) is 29.3 Å². The largest absolute Gasteiger partial charge is 0.383 e. The third-order valence-electron chi connectivity index (χ3n) is 4.22. The summed E-state index contributed by atoms with van der Waals surface area (Å²) >= 11 is 0. The SMILES string of the molecule is COCC(C)n1ccnc1NC1CCC(C)(C)CC1. The van der Waals surface area contributed by atoms with E-state index in [0.717, 1.165) is 5.95 Å². The van der Waals surface area contributed by atoms with Gasteiger partial charge in [-0.25, -0.2) is 4.98 Å². The van der Waals surface area contributed by atoms with Crippen LogP contribution in [0.3, 0.4) is 0 Å². The number of imidazole rings is 1. The van der Waals surface area contributed by atoms with Crippen LogP contribution < -0.4 is 5.32 Å². The molecule has 0 spiro atoms. The van der Waals surface area contributed by atoms with E-state index in [2.05, 4.69) is 35.6 Å². The maximum Gasteiger partial charge on any atom is 0.203 e. The molecule has 0 radical (unpaired) electrons. The van der Waals surface area contributed by atoms with Gasteiger partial charge in [-0.3, -0.25) is 0 Å².